The lowest BCUT2D eigenvalue weighted by Crippen LogP contribution is -2.37. The van der Waals surface area contributed by atoms with Crippen LogP contribution in [0.5, 0.6) is 0 Å². The fourth-order valence-electron chi connectivity index (χ4n) is 3.12. The predicted molar refractivity (Wildman–Crippen MR) is 86.1 cm³/mol. The van der Waals surface area contributed by atoms with Gasteiger partial charge in [-0.1, -0.05) is 12.1 Å². The number of carbonyl (C=O) groups is 2. The summed E-state index contributed by atoms with van der Waals surface area (Å²) >= 11 is 0. The number of alkyl halides is 3. The van der Waals surface area contributed by atoms with E-state index in [0.29, 0.717) is 32.4 Å². The molecule has 0 bridgehead atoms. The Balaban J connectivity index is 1.79. The Hall–Kier alpha value is -2.05. The van der Waals surface area contributed by atoms with E-state index in [4.69, 9.17) is 5.11 Å². The molecule has 1 N–H and O–H groups in total. The summed E-state index contributed by atoms with van der Waals surface area (Å²) in [6.45, 7) is 1.17. The fraction of sp³-hybridized carbons (Fsp3) is 0.556. The number of halogens is 3. The number of hydrogen-bond donors (Lipinski definition) is 1. The summed E-state index contributed by atoms with van der Waals surface area (Å²) in [5.41, 5.74) is 0.229. The van der Waals surface area contributed by atoms with Gasteiger partial charge >= 0.3 is 12.1 Å². The van der Waals surface area contributed by atoms with Crippen LogP contribution in [0, 0.1) is 0 Å². The van der Waals surface area contributed by atoms with Crippen LogP contribution in [0.25, 0.3) is 0 Å². The number of carboxylic acid groups (broad SMARTS) is 1. The molecule has 0 saturated carbocycles. The number of hydrogen-bond acceptors (Lipinski definition) is 2. The smallest absolute Gasteiger partial charge is 0.416 e. The first kappa shape index (κ1) is 19.3. The monoisotopic (exact) mass is 357 g/mol. The van der Waals surface area contributed by atoms with E-state index in [2.05, 4.69) is 0 Å². The van der Waals surface area contributed by atoms with Crippen LogP contribution in [-0.2, 0) is 15.8 Å². The molecule has 1 fully saturated rings. The Kier molecular flexibility index (Phi) is 6.45. The molecule has 1 aromatic carbocycles. The molecule has 0 aliphatic carbocycles. The van der Waals surface area contributed by atoms with Gasteiger partial charge in [-0.15, -0.1) is 0 Å². The summed E-state index contributed by atoms with van der Waals surface area (Å²) in [4.78, 5) is 24.3. The van der Waals surface area contributed by atoms with Crippen molar-refractivity contribution in [3.05, 3.63) is 35.4 Å². The average Bonchev–Trinajstić information content (AvgIpc) is 2.58. The third-order valence-electron chi connectivity index (χ3n) is 4.59. The van der Waals surface area contributed by atoms with Gasteiger partial charge in [0.25, 0.3) is 0 Å². The molecule has 2 rings (SSSR count). The summed E-state index contributed by atoms with van der Waals surface area (Å²) < 4.78 is 37.8. The Bertz CT molecular complexity index is 591. The van der Waals surface area contributed by atoms with Crippen molar-refractivity contribution in [1.29, 1.82) is 0 Å². The SMILES string of the molecule is O=C(O)CCCCC(=O)N1CCC(c2ccc(C(F)(F)F)cc2)CC1. The number of carbonyl (C=O) groups excluding carboxylic acids is 1. The first-order valence-corrected chi connectivity index (χ1v) is 8.44. The van der Waals surface area contributed by atoms with Crippen molar-refractivity contribution in [2.45, 2.75) is 50.6 Å². The number of carboxylic acids is 1. The molecule has 1 aromatic rings. The number of likely N-dealkylation sites (tertiary alicyclic amines) is 1. The molecule has 4 nitrogen and oxygen atoms in total. The molecule has 1 aliphatic rings. The lowest BCUT2D eigenvalue weighted by molar-refractivity contribution is -0.138. The van der Waals surface area contributed by atoms with Crippen LogP contribution in [-0.4, -0.2) is 35.0 Å². The molecular formula is C18H22F3NO3. The second-order valence-corrected chi connectivity index (χ2v) is 6.38. The number of piperidine rings is 1. The second kappa shape index (κ2) is 8.36. The maximum absolute atomic E-state index is 12.6. The lowest BCUT2D eigenvalue weighted by atomic mass is 9.89. The van der Waals surface area contributed by atoms with Gasteiger partial charge in [0, 0.05) is 25.9 Å². The van der Waals surface area contributed by atoms with E-state index in [1.54, 1.807) is 4.90 Å². The van der Waals surface area contributed by atoms with Crippen LogP contribution >= 0.6 is 0 Å². The van der Waals surface area contributed by atoms with E-state index < -0.39 is 17.7 Å². The molecule has 138 valence electrons. The van der Waals surface area contributed by atoms with Crippen LogP contribution < -0.4 is 0 Å². The molecule has 0 radical (unpaired) electrons. The predicted octanol–water partition coefficient (Wildman–Crippen LogP) is 4.06. The highest BCUT2D eigenvalue weighted by molar-refractivity contribution is 5.76. The molecule has 0 atom stereocenters. The molecule has 0 aromatic heterocycles. The number of rotatable bonds is 6. The zero-order chi connectivity index (χ0) is 18.4. The van der Waals surface area contributed by atoms with Crippen LogP contribution in [0.15, 0.2) is 24.3 Å². The van der Waals surface area contributed by atoms with Crippen molar-refractivity contribution >= 4 is 11.9 Å². The summed E-state index contributed by atoms with van der Waals surface area (Å²) in [6.07, 6.45) is -1.40. The Morgan fingerprint density at radius 3 is 2.12 bits per heavy atom. The zero-order valence-corrected chi connectivity index (χ0v) is 13.9. The molecular weight excluding hydrogens is 335 g/mol. The first-order chi connectivity index (χ1) is 11.8. The molecule has 0 spiro atoms. The molecule has 1 amide bonds. The zero-order valence-electron chi connectivity index (χ0n) is 13.9. The Morgan fingerprint density at radius 2 is 1.60 bits per heavy atom. The third kappa shape index (κ3) is 5.76. The molecule has 1 heterocycles. The molecule has 7 heteroatoms. The van der Waals surface area contributed by atoms with Gasteiger partial charge in [-0.05, 0) is 49.3 Å². The summed E-state index contributed by atoms with van der Waals surface area (Å²) in [5, 5.41) is 8.57. The van der Waals surface area contributed by atoms with E-state index in [9.17, 15) is 22.8 Å². The Morgan fingerprint density at radius 1 is 1.04 bits per heavy atom. The van der Waals surface area contributed by atoms with Gasteiger partial charge in [-0.3, -0.25) is 9.59 Å². The van der Waals surface area contributed by atoms with Gasteiger partial charge < -0.3 is 10.0 Å². The minimum absolute atomic E-state index is 0.0243. The number of aliphatic carboxylic acids is 1. The minimum atomic E-state index is -4.32. The fourth-order valence-corrected chi connectivity index (χ4v) is 3.12. The second-order valence-electron chi connectivity index (χ2n) is 6.38. The van der Waals surface area contributed by atoms with Gasteiger partial charge in [0.05, 0.1) is 5.56 Å². The van der Waals surface area contributed by atoms with Crippen molar-refractivity contribution in [2.75, 3.05) is 13.1 Å². The lowest BCUT2D eigenvalue weighted by Gasteiger charge is -2.32. The highest BCUT2D eigenvalue weighted by atomic mass is 19.4. The maximum atomic E-state index is 12.6. The van der Waals surface area contributed by atoms with Gasteiger partial charge in [-0.2, -0.15) is 13.2 Å². The molecule has 1 aliphatic heterocycles. The highest BCUT2D eigenvalue weighted by Gasteiger charge is 2.30. The minimum Gasteiger partial charge on any atom is -0.481 e. The standard InChI is InChI=1S/C18H22F3NO3/c19-18(20,21)15-7-5-13(6-8-15)14-9-11-22(12-10-14)16(23)3-1-2-4-17(24)25/h5-8,14H,1-4,9-12H2,(H,24,25). The van der Waals surface area contributed by atoms with Crippen LogP contribution in [0.3, 0.4) is 0 Å². The van der Waals surface area contributed by atoms with Gasteiger partial charge in [-0.25, -0.2) is 0 Å². The van der Waals surface area contributed by atoms with Crippen LogP contribution in [0.4, 0.5) is 13.2 Å². The van der Waals surface area contributed by atoms with Gasteiger partial charge in [0.1, 0.15) is 0 Å². The molecule has 1 saturated heterocycles. The van der Waals surface area contributed by atoms with E-state index >= 15 is 0 Å². The Labute approximate surface area is 144 Å². The quantitative estimate of drug-likeness (QED) is 0.781. The first-order valence-electron chi connectivity index (χ1n) is 8.44. The number of nitrogens with zero attached hydrogens (tertiary/aromatic N) is 1. The average molecular weight is 357 g/mol. The van der Waals surface area contributed by atoms with Crippen molar-refractivity contribution < 1.29 is 27.9 Å². The number of benzene rings is 1. The van der Waals surface area contributed by atoms with E-state index in [1.165, 1.54) is 12.1 Å². The summed E-state index contributed by atoms with van der Waals surface area (Å²) in [5.74, 6) is -0.667. The number of amides is 1. The van der Waals surface area contributed by atoms with Gasteiger partial charge in [0.15, 0.2) is 0 Å². The van der Waals surface area contributed by atoms with Crippen molar-refractivity contribution in [1.82, 2.24) is 4.90 Å². The topological polar surface area (TPSA) is 57.6 Å². The van der Waals surface area contributed by atoms with E-state index in [0.717, 1.165) is 30.5 Å². The maximum Gasteiger partial charge on any atom is 0.416 e. The van der Waals surface area contributed by atoms with Crippen molar-refractivity contribution in [2.24, 2.45) is 0 Å². The van der Waals surface area contributed by atoms with Crippen molar-refractivity contribution in [3.63, 3.8) is 0 Å². The van der Waals surface area contributed by atoms with E-state index in [1.807, 2.05) is 0 Å². The molecule has 25 heavy (non-hydrogen) atoms. The normalized spacial score (nSPS) is 16.0. The van der Waals surface area contributed by atoms with Crippen LogP contribution in [0.1, 0.15) is 55.6 Å². The summed E-state index contributed by atoms with van der Waals surface area (Å²) in [7, 11) is 0. The summed E-state index contributed by atoms with van der Waals surface area (Å²) in [6, 6.07) is 5.26. The molecule has 0 unspecified atom stereocenters. The van der Waals surface area contributed by atoms with Crippen molar-refractivity contribution in [3.8, 4) is 0 Å². The highest BCUT2D eigenvalue weighted by Crippen LogP contribution is 2.33. The largest absolute Gasteiger partial charge is 0.481 e. The third-order valence-corrected chi connectivity index (χ3v) is 4.59. The van der Waals surface area contributed by atoms with Crippen LogP contribution in [0.2, 0.25) is 0 Å². The van der Waals surface area contributed by atoms with Gasteiger partial charge in [0.2, 0.25) is 5.91 Å². The number of unbranched alkanes of at least 4 members (excludes halogenated alkanes) is 1. The van der Waals surface area contributed by atoms with E-state index in [-0.39, 0.29) is 18.2 Å².